The normalized spacial score (nSPS) is 28.6. The maximum atomic E-state index is 6.00. The summed E-state index contributed by atoms with van der Waals surface area (Å²) in [5, 5.41) is 1.09. The highest BCUT2D eigenvalue weighted by atomic mass is 35.5. The van der Waals surface area contributed by atoms with E-state index in [0.29, 0.717) is 15.8 Å². The summed E-state index contributed by atoms with van der Waals surface area (Å²) in [5.74, 6) is 0.616. The van der Waals surface area contributed by atoms with Crippen molar-refractivity contribution < 1.29 is 9.47 Å². The molecule has 3 unspecified atom stereocenters. The molecule has 1 aromatic rings. The van der Waals surface area contributed by atoms with Crippen molar-refractivity contribution in [2.24, 2.45) is 5.73 Å². The highest BCUT2D eigenvalue weighted by molar-refractivity contribution is 6.35. The summed E-state index contributed by atoms with van der Waals surface area (Å²) in [4.78, 5) is 0. The number of halogens is 2. The Morgan fingerprint density at radius 3 is 2.69 bits per heavy atom. The van der Waals surface area contributed by atoms with Gasteiger partial charge in [-0.15, -0.1) is 0 Å². The van der Waals surface area contributed by atoms with Crippen molar-refractivity contribution in [1.82, 2.24) is 0 Å². The van der Waals surface area contributed by atoms with Gasteiger partial charge in [0, 0.05) is 24.6 Å². The van der Waals surface area contributed by atoms with Gasteiger partial charge in [-0.3, -0.25) is 0 Å². The van der Waals surface area contributed by atoms with E-state index >= 15 is 0 Å². The summed E-state index contributed by atoms with van der Waals surface area (Å²) in [5.41, 5.74) is 5.78. The van der Waals surface area contributed by atoms with Crippen molar-refractivity contribution in [2.75, 3.05) is 7.11 Å². The standard InChI is InChI=1S/C11H13Cl2NO2/c1-15-11-8(14)5-10(11)16-9-3-2-6(12)4-7(9)13/h2-4,8,10-11H,5,14H2,1H3. The summed E-state index contributed by atoms with van der Waals surface area (Å²) in [6.45, 7) is 0. The molecule has 1 aliphatic carbocycles. The van der Waals surface area contributed by atoms with Gasteiger partial charge in [0.15, 0.2) is 0 Å². The highest BCUT2D eigenvalue weighted by Gasteiger charge is 2.41. The smallest absolute Gasteiger partial charge is 0.138 e. The first kappa shape index (κ1) is 12.0. The Morgan fingerprint density at radius 1 is 1.38 bits per heavy atom. The van der Waals surface area contributed by atoms with E-state index in [4.69, 9.17) is 38.4 Å². The van der Waals surface area contributed by atoms with Gasteiger partial charge in [-0.2, -0.15) is 0 Å². The summed E-state index contributed by atoms with van der Waals surface area (Å²) in [6, 6.07) is 5.18. The van der Waals surface area contributed by atoms with Crippen molar-refractivity contribution in [3.8, 4) is 5.75 Å². The molecule has 3 nitrogen and oxygen atoms in total. The number of rotatable bonds is 3. The number of hydrogen-bond donors (Lipinski definition) is 1. The fourth-order valence-corrected chi connectivity index (χ4v) is 2.25. The van der Waals surface area contributed by atoms with Gasteiger partial charge in [0.25, 0.3) is 0 Å². The van der Waals surface area contributed by atoms with Crippen LogP contribution in [0.25, 0.3) is 0 Å². The summed E-state index contributed by atoms with van der Waals surface area (Å²) < 4.78 is 10.9. The molecule has 0 spiro atoms. The van der Waals surface area contributed by atoms with Crippen LogP contribution in [0.3, 0.4) is 0 Å². The molecule has 0 bridgehead atoms. The van der Waals surface area contributed by atoms with Crippen LogP contribution in [-0.4, -0.2) is 25.4 Å². The Hall–Kier alpha value is -0.480. The van der Waals surface area contributed by atoms with Crippen LogP contribution < -0.4 is 10.5 Å². The first-order valence-electron chi connectivity index (χ1n) is 5.02. The SMILES string of the molecule is COC1C(N)CC1Oc1ccc(Cl)cc1Cl. The van der Waals surface area contributed by atoms with Gasteiger partial charge in [-0.1, -0.05) is 23.2 Å². The number of nitrogens with two attached hydrogens (primary N) is 1. The maximum Gasteiger partial charge on any atom is 0.138 e. The topological polar surface area (TPSA) is 44.5 Å². The van der Waals surface area contributed by atoms with Crippen LogP contribution >= 0.6 is 23.2 Å². The van der Waals surface area contributed by atoms with Crippen LogP contribution in [-0.2, 0) is 4.74 Å². The predicted octanol–water partition coefficient (Wildman–Crippen LogP) is 2.49. The van der Waals surface area contributed by atoms with Crippen LogP contribution in [0.4, 0.5) is 0 Å². The van der Waals surface area contributed by atoms with Gasteiger partial charge >= 0.3 is 0 Å². The largest absolute Gasteiger partial charge is 0.486 e. The van der Waals surface area contributed by atoms with E-state index in [0.717, 1.165) is 6.42 Å². The molecule has 1 aliphatic rings. The minimum atomic E-state index is -0.0632. The molecule has 0 aliphatic heterocycles. The molecule has 2 N–H and O–H groups in total. The minimum absolute atomic E-state index is 0.0290. The molecule has 0 saturated heterocycles. The molecular weight excluding hydrogens is 249 g/mol. The van der Waals surface area contributed by atoms with Gasteiger partial charge < -0.3 is 15.2 Å². The van der Waals surface area contributed by atoms with Crippen molar-refractivity contribution in [3.05, 3.63) is 28.2 Å². The molecule has 0 radical (unpaired) electrons. The lowest BCUT2D eigenvalue weighted by molar-refractivity contribution is -0.0781. The Labute approximate surface area is 104 Å². The van der Waals surface area contributed by atoms with Crippen LogP contribution in [0.5, 0.6) is 5.75 Å². The van der Waals surface area contributed by atoms with Gasteiger partial charge in [0.1, 0.15) is 18.0 Å². The molecule has 3 atom stereocenters. The lowest BCUT2D eigenvalue weighted by atomic mass is 9.86. The van der Waals surface area contributed by atoms with Crippen LogP contribution in [0.2, 0.25) is 10.0 Å². The van der Waals surface area contributed by atoms with E-state index < -0.39 is 0 Å². The second-order valence-corrected chi connectivity index (χ2v) is 4.67. The summed E-state index contributed by atoms with van der Waals surface area (Å²) >= 11 is 11.8. The Morgan fingerprint density at radius 2 is 2.12 bits per heavy atom. The fraction of sp³-hybridized carbons (Fsp3) is 0.455. The zero-order valence-corrected chi connectivity index (χ0v) is 10.3. The quantitative estimate of drug-likeness (QED) is 0.910. The monoisotopic (exact) mass is 261 g/mol. The Kier molecular flexibility index (Phi) is 3.60. The molecule has 16 heavy (non-hydrogen) atoms. The van der Waals surface area contributed by atoms with Gasteiger partial charge in [-0.05, 0) is 18.2 Å². The van der Waals surface area contributed by atoms with Gasteiger partial charge in [0.2, 0.25) is 0 Å². The number of methoxy groups -OCH3 is 1. The summed E-state index contributed by atoms with van der Waals surface area (Å²) in [7, 11) is 1.63. The minimum Gasteiger partial charge on any atom is -0.486 e. The van der Waals surface area contributed by atoms with Crippen molar-refractivity contribution >= 4 is 23.2 Å². The average Bonchev–Trinajstić information content (AvgIpc) is 2.21. The molecule has 2 rings (SSSR count). The van der Waals surface area contributed by atoms with Crippen LogP contribution in [0, 0.1) is 0 Å². The Bertz CT molecular complexity index is 386. The van der Waals surface area contributed by atoms with E-state index in [1.54, 1.807) is 25.3 Å². The van der Waals surface area contributed by atoms with Gasteiger partial charge in [0.05, 0.1) is 5.02 Å². The van der Waals surface area contributed by atoms with E-state index in [1.807, 2.05) is 0 Å². The zero-order chi connectivity index (χ0) is 11.7. The third-order valence-electron chi connectivity index (χ3n) is 2.74. The first-order chi connectivity index (χ1) is 7.61. The van der Waals surface area contributed by atoms with Crippen LogP contribution in [0.1, 0.15) is 6.42 Å². The number of benzene rings is 1. The molecule has 1 saturated carbocycles. The fourth-order valence-electron chi connectivity index (χ4n) is 1.79. The predicted molar refractivity (Wildman–Crippen MR) is 64.3 cm³/mol. The third-order valence-corrected chi connectivity index (χ3v) is 3.27. The number of hydrogen-bond acceptors (Lipinski definition) is 3. The third kappa shape index (κ3) is 2.28. The molecule has 1 aromatic carbocycles. The summed E-state index contributed by atoms with van der Waals surface area (Å²) in [6.07, 6.45) is 0.683. The first-order valence-corrected chi connectivity index (χ1v) is 5.77. The Balaban J connectivity index is 2.04. The van der Waals surface area contributed by atoms with Crippen molar-refractivity contribution in [2.45, 2.75) is 24.7 Å². The number of ether oxygens (including phenoxy) is 2. The maximum absolute atomic E-state index is 6.00. The highest BCUT2D eigenvalue weighted by Crippen LogP contribution is 2.33. The zero-order valence-electron chi connectivity index (χ0n) is 8.82. The van der Waals surface area contributed by atoms with Crippen LogP contribution in [0.15, 0.2) is 18.2 Å². The molecule has 0 aromatic heterocycles. The second kappa shape index (κ2) is 4.80. The van der Waals surface area contributed by atoms with Crippen molar-refractivity contribution in [3.63, 3.8) is 0 Å². The molecule has 1 fully saturated rings. The molecule has 0 amide bonds. The van der Waals surface area contributed by atoms with E-state index in [-0.39, 0.29) is 18.2 Å². The molecule has 88 valence electrons. The van der Waals surface area contributed by atoms with E-state index in [1.165, 1.54) is 0 Å². The van der Waals surface area contributed by atoms with Gasteiger partial charge in [-0.25, -0.2) is 0 Å². The molecule has 5 heteroatoms. The van der Waals surface area contributed by atoms with E-state index in [9.17, 15) is 0 Å². The second-order valence-electron chi connectivity index (χ2n) is 3.83. The molecular formula is C11H13Cl2NO2. The molecule has 0 heterocycles. The van der Waals surface area contributed by atoms with Crippen molar-refractivity contribution in [1.29, 1.82) is 0 Å². The lowest BCUT2D eigenvalue weighted by Gasteiger charge is -2.41. The van der Waals surface area contributed by atoms with E-state index in [2.05, 4.69) is 0 Å². The lowest BCUT2D eigenvalue weighted by Crippen LogP contribution is -2.59. The average molecular weight is 262 g/mol.